The van der Waals surface area contributed by atoms with Gasteiger partial charge in [-0.2, -0.15) is 0 Å². The van der Waals surface area contributed by atoms with E-state index in [1.54, 1.807) is 4.68 Å². The number of fused-ring (bicyclic) bond motifs is 1. The zero-order valence-corrected chi connectivity index (χ0v) is 25.7. The summed E-state index contributed by atoms with van der Waals surface area (Å²) in [5.41, 5.74) is 3.43. The van der Waals surface area contributed by atoms with E-state index in [1.807, 2.05) is 48.3 Å². The molecule has 3 heterocycles. The number of hydrogen-bond acceptors (Lipinski definition) is 6. The highest BCUT2D eigenvalue weighted by Gasteiger charge is 2.44. The number of aryl methyl sites for hydroxylation is 1. The van der Waals surface area contributed by atoms with E-state index in [1.165, 1.54) is 37.7 Å². The van der Waals surface area contributed by atoms with E-state index < -0.39 is 6.04 Å². The number of nitrogens with zero attached hydrogens (tertiary/aromatic N) is 5. The second-order valence-electron chi connectivity index (χ2n) is 12.7. The largest absolute Gasteiger partial charge is 0.344 e. The third kappa shape index (κ3) is 6.78. The van der Waals surface area contributed by atoms with Crippen LogP contribution in [-0.4, -0.2) is 56.1 Å². The lowest BCUT2D eigenvalue weighted by Crippen LogP contribution is -2.54. The molecule has 2 atom stereocenters. The Morgan fingerprint density at radius 3 is 2.53 bits per heavy atom. The topological polar surface area (TPSA) is 105 Å². The quantitative estimate of drug-likeness (QED) is 0.372. The van der Waals surface area contributed by atoms with Gasteiger partial charge in [0.15, 0.2) is 5.82 Å². The molecule has 1 aromatic heterocycles. The van der Waals surface area contributed by atoms with Crippen molar-refractivity contribution in [1.82, 2.24) is 35.7 Å². The third-order valence-corrected chi connectivity index (χ3v) is 10.4. The molecule has 2 aromatic carbocycles. The van der Waals surface area contributed by atoms with Gasteiger partial charge in [-0.1, -0.05) is 67.3 Å². The van der Waals surface area contributed by atoms with E-state index >= 15 is 0 Å². The number of benzene rings is 2. The molecular formula is C33H42ClN7O2. The number of halogens is 1. The van der Waals surface area contributed by atoms with Crippen LogP contribution in [0, 0.1) is 11.3 Å². The summed E-state index contributed by atoms with van der Waals surface area (Å²) in [7, 11) is 1.91. The first-order valence-corrected chi connectivity index (χ1v) is 16.1. The second kappa shape index (κ2) is 13.1. The molecule has 43 heavy (non-hydrogen) atoms. The predicted molar refractivity (Wildman–Crippen MR) is 165 cm³/mol. The molecule has 9 nitrogen and oxygen atoms in total. The van der Waals surface area contributed by atoms with Crippen LogP contribution in [0.5, 0.6) is 0 Å². The summed E-state index contributed by atoms with van der Waals surface area (Å²) >= 11 is 6.14. The van der Waals surface area contributed by atoms with Crippen molar-refractivity contribution in [3.05, 3.63) is 76.1 Å². The van der Waals surface area contributed by atoms with Crippen molar-refractivity contribution >= 4 is 23.4 Å². The molecule has 1 saturated heterocycles. The minimum Gasteiger partial charge on any atom is -0.344 e. The lowest BCUT2D eigenvalue weighted by Gasteiger charge is -2.48. The van der Waals surface area contributed by atoms with E-state index in [0.717, 1.165) is 42.8 Å². The summed E-state index contributed by atoms with van der Waals surface area (Å²) in [6.07, 6.45) is 9.67. The highest BCUT2D eigenvalue weighted by Crippen LogP contribution is 2.47. The van der Waals surface area contributed by atoms with Crippen LogP contribution >= 0.6 is 11.6 Å². The molecule has 3 aromatic rings. The normalized spacial score (nSPS) is 20.9. The lowest BCUT2D eigenvalue weighted by atomic mass is 9.62. The fraction of sp³-hybridized carbons (Fsp3) is 0.545. The Morgan fingerprint density at radius 2 is 1.81 bits per heavy atom. The number of amides is 2. The van der Waals surface area contributed by atoms with Gasteiger partial charge in [0, 0.05) is 57.0 Å². The summed E-state index contributed by atoms with van der Waals surface area (Å²) in [4.78, 5) is 29.5. The minimum absolute atomic E-state index is 0.0133. The molecule has 1 aliphatic carbocycles. The van der Waals surface area contributed by atoms with Crippen molar-refractivity contribution in [2.45, 2.75) is 82.8 Å². The number of hydrogen-bond donors (Lipinski definition) is 2. The van der Waals surface area contributed by atoms with Crippen LogP contribution in [0.25, 0.3) is 0 Å². The number of tetrazole rings is 1. The van der Waals surface area contributed by atoms with E-state index in [-0.39, 0.29) is 29.7 Å². The summed E-state index contributed by atoms with van der Waals surface area (Å²) in [6.45, 7) is 2.10. The molecule has 228 valence electrons. The molecule has 2 unspecified atom stereocenters. The van der Waals surface area contributed by atoms with Crippen molar-refractivity contribution < 1.29 is 9.59 Å². The molecule has 2 amide bonds. The Kier molecular flexibility index (Phi) is 9.09. The van der Waals surface area contributed by atoms with Gasteiger partial charge in [0.25, 0.3) is 0 Å². The van der Waals surface area contributed by atoms with E-state index in [2.05, 4.69) is 38.3 Å². The Hall–Kier alpha value is -3.30. The smallest absolute Gasteiger partial charge is 0.245 e. The fourth-order valence-corrected chi connectivity index (χ4v) is 7.73. The Morgan fingerprint density at radius 1 is 1.07 bits per heavy atom. The number of nitrogens with one attached hydrogen (secondary N) is 2. The molecule has 6 rings (SSSR count). The highest BCUT2D eigenvalue weighted by molar-refractivity contribution is 6.30. The number of likely N-dealkylation sites (tertiary alicyclic amines) is 1. The molecule has 0 bridgehead atoms. The zero-order valence-electron chi connectivity index (χ0n) is 25.0. The Bertz CT molecular complexity index is 1410. The number of carbonyl (C=O) groups is 2. The fourth-order valence-electron chi connectivity index (χ4n) is 7.61. The van der Waals surface area contributed by atoms with Crippen LogP contribution in [0.3, 0.4) is 0 Å². The van der Waals surface area contributed by atoms with Crippen LogP contribution in [0.15, 0.2) is 48.5 Å². The van der Waals surface area contributed by atoms with Gasteiger partial charge in [0.2, 0.25) is 11.8 Å². The van der Waals surface area contributed by atoms with Gasteiger partial charge in [-0.05, 0) is 76.3 Å². The maximum absolute atomic E-state index is 14.1. The molecule has 1 saturated carbocycles. The number of rotatable bonds is 9. The van der Waals surface area contributed by atoms with Crippen molar-refractivity contribution in [2.75, 3.05) is 13.1 Å². The third-order valence-electron chi connectivity index (χ3n) is 10.1. The molecular weight excluding hydrogens is 562 g/mol. The SMILES string of the molecule is Cn1nnnc1CC1(C2CCCCC2)CCN(C(=O)C(Cc2ccc(Cl)cc2)NC(=O)CC2NCc3ccccc32)CC1. The van der Waals surface area contributed by atoms with Gasteiger partial charge in [-0.25, -0.2) is 4.68 Å². The van der Waals surface area contributed by atoms with Crippen LogP contribution in [0.2, 0.25) is 5.02 Å². The monoisotopic (exact) mass is 603 g/mol. The zero-order chi connectivity index (χ0) is 29.8. The first-order chi connectivity index (χ1) is 20.9. The van der Waals surface area contributed by atoms with Crippen LogP contribution < -0.4 is 10.6 Å². The van der Waals surface area contributed by atoms with Gasteiger partial charge in [-0.3, -0.25) is 9.59 Å². The van der Waals surface area contributed by atoms with Crippen molar-refractivity contribution in [2.24, 2.45) is 18.4 Å². The summed E-state index contributed by atoms with van der Waals surface area (Å²) in [5.74, 6) is 1.40. The first kappa shape index (κ1) is 29.8. The van der Waals surface area contributed by atoms with Gasteiger partial charge in [-0.15, -0.1) is 5.10 Å². The molecule has 2 N–H and O–H groups in total. The molecule has 0 radical (unpaired) electrons. The predicted octanol–water partition coefficient (Wildman–Crippen LogP) is 4.56. The van der Waals surface area contributed by atoms with E-state index in [4.69, 9.17) is 11.6 Å². The number of aromatic nitrogens is 4. The van der Waals surface area contributed by atoms with Crippen molar-refractivity contribution in [3.63, 3.8) is 0 Å². The number of piperidine rings is 1. The van der Waals surface area contributed by atoms with Crippen molar-refractivity contribution in [1.29, 1.82) is 0 Å². The maximum Gasteiger partial charge on any atom is 0.245 e. The van der Waals surface area contributed by atoms with E-state index in [9.17, 15) is 9.59 Å². The van der Waals surface area contributed by atoms with Gasteiger partial charge >= 0.3 is 0 Å². The van der Waals surface area contributed by atoms with Crippen LogP contribution in [-0.2, 0) is 36.0 Å². The van der Waals surface area contributed by atoms with Gasteiger partial charge in [0.1, 0.15) is 6.04 Å². The average molecular weight is 604 g/mol. The minimum atomic E-state index is -0.643. The van der Waals surface area contributed by atoms with Crippen LogP contribution in [0.1, 0.15) is 79.9 Å². The van der Waals surface area contributed by atoms with E-state index in [0.29, 0.717) is 30.5 Å². The molecule has 2 aliphatic heterocycles. The summed E-state index contributed by atoms with van der Waals surface area (Å²) in [5, 5.41) is 19.5. The lowest BCUT2D eigenvalue weighted by molar-refractivity contribution is -0.139. The molecule has 0 spiro atoms. The van der Waals surface area contributed by atoms with Gasteiger partial charge < -0.3 is 15.5 Å². The summed E-state index contributed by atoms with van der Waals surface area (Å²) < 4.78 is 1.79. The highest BCUT2D eigenvalue weighted by atomic mass is 35.5. The number of carbonyl (C=O) groups excluding carboxylic acids is 2. The summed E-state index contributed by atoms with van der Waals surface area (Å²) in [6, 6.07) is 15.0. The maximum atomic E-state index is 14.1. The van der Waals surface area contributed by atoms with Gasteiger partial charge in [0.05, 0.1) is 0 Å². The van der Waals surface area contributed by atoms with Crippen LogP contribution in [0.4, 0.5) is 0 Å². The second-order valence-corrected chi connectivity index (χ2v) is 13.1. The molecule has 2 fully saturated rings. The Labute approximate surface area is 258 Å². The first-order valence-electron chi connectivity index (χ1n) is 15.8. The Balaban J connectivity index is 1.16. The average Bonchev–Trinajstić information content (AvgIpc) is 3.63. The standard InChI is InChI=1S/C33H42ClN7O2/c1-40-30(37-38-39-40)21-33(25-8-3-2-4-9-25)15-17-41(18-16-33)32(43)29(19-23-11-13-26(34)14-12-23)36-31(42)20-28-27-10-6-5-7-24(27)22-35-28/h5-7,10-14,25,28-29,35H,2-4,8-9,15-22H2,1H3,(H,36,42). The molecule has 3 aliphatic rings. The molecule has 10 heteroatoms. The van der Waals surface area contributed by atoms with Crippen molar-refractivity contribution in [3.8, 4) is 0 Å².